The summed E-state index contributed by atoms with van der Waals surface area (Å²) < 4.78 is 2.03. The molecular weight excluding hydrogens is 557 g/mol. The van der Waals surface area contributed by atoms with Crippen LogP contribution in [0.5, 0.6) is 0 Å². The van der Waals surface area contributed by atoms with Crippen molar-refractivity contribution in [2.45, 2.75) is 35.6 Å². The monoisotopic (exact) mass is 584 g/mol. The molecule has 4 nitrogen and oxygen atoms in total. The van der Waals surface area contributed by atoms with Gasteiger partial charge in [0.1, 0.15) is 6.07 Å². The van der Waals surface area contributed by atoms with E-state index in [0.717, 1.165) is 33.0 Å². The first-order chi connectivity index (χ1) is 21.5. The molecule has 0 amide bonds. The number of fused-ring (bicyclic) bond motifs is 5. The fourth-order valence-electron chi connectivity index (χ4n) is 6.44. The Labute approximate surface area is 260 Å². The van der Waals surface area contributed by atoms with Crippen LogP contribution in [0.1, 0.15) is 36.1 Å². The normalized spacial score (nSPS) is 13.4. The zero-order valence-electron chi connectivity index (χ0n) is 24.5. The summed E-state index contributed by atoms with van der Waals surface area (Å²) in [4.78, 5) is 7.36. The number of rotatable bonds is 4. The Hall–Kier alpha value is -5.18. The van der Waals surface area contributed by atoms with Crippen LogP contribution in [0.3, 0.4) is 0 Å². The third-order valence-corrected chi connectivity index (χ3v) is 10.00. The molecule has 0 saturated carbocycles. The molecular formula is C39H28N4S. The zero-order valence-corrected chi connectivity index (χ0v) is 25.3. The minimum Gasteiger partial charge on any atom is -0.241 e. The van der Waals surface area contributed by atoms with E-state index < -0.39 is 0 Å². The lowest BCUT2D eigenvalue weighted by atomic mass is 9.76. The predicted octanol–water partition coefficient (Wildman–Crippen LogP) is 9.63. The Morgan fingerprint density at radius 2 is 1.52 bits per heavy atom. The topological polar surface area (TPSA) is 54.5 Å². The molecule has 0 aliphatic carbocycles. The zero-order chi connectivity index (χ0) is 29.8. The highest BCUT2D eigenvalue weighted by Gasteiger charge is 2.34. The molecule has 5 heteroatoms. The Kier molecular flexibility index (Phi) is 6.14. The van der Waals surface area contributed by atoms with Crippen molar-refractivity contribution in [2.75, 3.05) is 0 Å². The van der Waals surface area contributed by atoms with Crippen LogP contribution in [-0.2, 0) is 12.0 Å². The summed E-state index contributed by atoms with van der Waals surface area (Å²) in [6.45, 7) is 5.09. The molecule has 0 bridgehead atoms. The van der Waals surface area contributed by atoms with E-state index in [9.17, 15) is 5.26 Å². The van der Waals surface area contributed by atoms with E-state index in [1.54, 1.807) is 11.8 Å². The highest BCUT2D eigenvalue weighted by molar-refractivity contribution is 7.99. The highest BCUT2D eigenvalue weighted by Crippen LogP contribution is 2.50. The van der Waals surface area contributed by atoms with Crippen LogP contribution in [0.4, 0.5) is 0 Å². The highest BCUT2D eigenvalue weighted by atomic mass is 32.2. The van der Waals surface area contributed by atoms with Gasteiger partial charge < -0.3 is 0 Å². The van der Waals surface area contributed by atoms with Crippen LogP contribution in [0, 0.1) is 11.3 Å². The summed E-state index contributed by atoms with van der Waals surface area (Å²) in [6, 6.07) is 44.8. The molecule has 7 aromatic rings. The van der Waals surface area contributed by atoms with Crippen LogP contribution in [-0.4, -0.2) is 14.8 Å². The first kappa shape index (κ1) is 26.4. The number of hydrogen-bond donors (Lipinski definition) is 0. The molecule has 0 atom stereocenters. The van der Waals surface area contributed by atoms with E-state index in [-0.39, 0.29) is 5.41 Å². The van der Waals surface area contributed by atoms with Gasteiger partial charge in [-0.2, -0.15) is 10.4 Å². The maximum absolute atomic E-state index is 9.74. The molecule has 1 aromatic heterocycles. The number of hydrogen-bond acceptors (Lipinski definition) is 4. The lowest BCUT2D eigenvalue weighted by molar-refractivity contribution is 0.603. The Morgan fingerprint density at radius 1 is 0.727 bits per heavy atom. The number of nitriles is 1. The van der Waals surface area contributed by atoms with Gasteiger partial charge in [0.05, 0.1) is 12.1 Å². The average molecular weight is 585 g/mol. The molecule has 6 aromatic carbocycles. The van der Waals surface area contributed by atoms with Gasteiger partial charge >= 0.3 is 0 Å². The Morgan fingerprint density at radius 3 is 2.39 bits per heavy atom. The molecule has 0 N–H and O–H groups in total. The van der Waals surface area contributed by atoms with Crippen molar-refractivity contribution in [3.05, 3.63) is 144 Å². The molecule has 210 valence electrons. The van der Waals surface area contributed by atoms with Gasteiger partial charge in [-0.3, -0.25) is 0 Å². The van der Waals surface area contributed by atoms with Crippen LogP contribution in [0.25, 0.3) is 44.3 Å². The van der Waals surface area contributed by atoms with Gasteiger partial charge in [-0.25, -0.2) is 9.67 Å². The van der Waals surface area contributed by atoms with Gasteiger partial charge in [-0.1, -0.05) is 129 Å². The van der Waals surface area contributed by atoms with Gasteiger partial charge in [0.15, 0.2) is 11.6 Å². The summed E-state index contributed by atoms with van der Waals surface area (Å²) in [5.41, 5.74) is 6.16. The first-order valence-electron chi connectivity index (χ1n) is 14.8. The van der Waals surface area contributed by atoms with E-state index in [0.29, 0.717) is 12.4 Å². The van der Waals surface area contributed by atoms with Crippen LogP contribution >= 0.6 is 11.8 Å². The van der Waals surface area contributed by atoms with Gasteiger partial charge in [0.2, 0.25) is 0 Å². The van der Waals surface area contributed by atoms with Gasteiger partial charge in [-0.15, -0.1) is 0 Å². The summed E-state index contributed by atoms with van der Waals surface area (Å²) in [5.74, 6) is 1.56. The lowest BCUT2D eigenvalue weighted by Gasteiger charge is -2.35. The van der Waals surface area contributed by atoms with Crippen molar-refractivity contribution >= 4 is 33.3 Å². The molecule has 0 saturated heterocycles. The second-order valence-electron chi connectivity index (χ2n) is 11.9. The van der Waals surface area contributed by atoms with Crippen molar-refractivity contribution in [1.29, 1.82) is 5.26 Å². The molecule has 0 fully saturated rings. The van der Waals surface area contributed by atoms with E-state index in [1.165, 1.54) is 37.6 Å². The maximum Gasteiger partial charge on any atom is 0.181 e. The van der Waals surface area contributed by atoms with E-state index in [2.05, 4.69) is 111 Å². The second kappa shape index (κ2) is 10.2. The first-order valence-corrected chi connectivity index (χ1v) is 15.6. The molecule has 44 heavy (non-hydrogen) atoms. The van der Waals surface area contributed by atoms with E-state index >= 15 is 0 Å². The molecule has 2 heterocycles. The average Bonchev–Trinajstić information content (AvgIpc) is 3.48. The quantitative estimate of drug-likeness (QED) is 0.193. The molecule has 1 aliphatic heterocycles. The second-order valence-corrected chi connectivity index (χ2v) is 12.9. The standard InChI is InChI=1S/C39H28N4S/c1-39(2)33-14-8-12-30(23-40)36(33)44-35-20-15-25(21-34(35)39)24-43-38(27-10-4-3-5-11-27)41-37(42-43)29-18-19-32-28(22-29)17-16-26-9-6-7-13-31(26)32/h3-22H,24H2,1-2H3. The SMILES string of the molecule is CC1(C)c2cc(Cn3nc(-c4ccc5c(ccc6ccccc65)c4)nc3-c3ccccc3)ccc2Sc2c(C#N)cccc21. The van der Waals surface area contributed by atoms with Gasteiger partial charge in [-0.05, 0) is 56.4 Å². The third kappa shape index (κ3) is 4.30. The fraction of sp³-hybridized carbons (Fsp3) is 0.103. The van der Waals surface area contributed by atoms with Gasteiger partial charge in [0.25, 0.3) is 0 Å². The summed E-state index contributed by atoms with van der Waals surface area (Å²) >= 11 is 1.70. The van der Waals surface area contributed by atoms with Crippen molar-refractivity contribution < 1.29 is 0 Å². The smallest absolute Gasteiger partial charge is 0.181 e. The Balaban J connectivity index is 1.20. The largest absolute Gasteiger partial charge is 0.241 e. The lowest BCUT2D eigenvalue weighted by Crippen LogP contribution is -2.24. The van der Waals surface area contributed by atoms with Gasteiger partial charge in [0, 0.05) is 26.3 Å². The van der Waals surface area contributed by atoms with Crippen molar-refractivity contribution in [1.82, 2.24) is 14.8 Å². The molecule has 8 rings (SSSR count). The fourth-order valence-corrected chi connectivity index (χ4v) is 7.87. The van der Waals surface area contributed by atoms with Crippen molar-refractivity contribution in [3.63, 3.8) is 0 Å². The number of nitrogens with zero attached hydrogens (tertiary/aromatic N) is 4. The molecule has 0 spiro atoms. The maximum atomic E-state index is 9.74. The predicted molar refractivity (Wildman–Crippen MR) is 179 cm³/mol. The third-order valence-electron chi connectivity index (χ3n) is 8.78. The minimum atomic E-state index is -0.232. The Bertz CT molecular complexity index is 2270. The summed E-state index contributed by atoms with van der Waals surface area (Å²) in [6.07, 6.45) is 0. The molecule has 0 radical (unpaired) electrons. The summed E-state index contributed by atoms with van der Waals surface area (Å²) in [5, 5.41) is 19.7. The minimum absolute atomic E-state index is 0.232. The molecule has 0 unspecified atom stereocenters. The van der Waals surface area contributed by atoms with Crippen LogP contribution < -0.4 is 0 Å². The van der Waals surface area contributed by atoms with Crippen LogP contribution in [0.15, 0.2) is 131 Å². The summed E-state index contributed by atoms with van der Waals surface area (Å²) in [7, 11) is 0. The van der Waals surface area contributed by atoms with Crippen LogP contribution in [0.2, 0.25) is 0 Å². The van der Waals surface area contributed by atoms with E-state index in [1.807, 2.05) is 35.0 Å². The number of aromatic nitrogens is 3. The molecule has 1 aliphatic rings. The van der Waals surface area contributed by atoms with Crippen molar-refractivity contribution in [3.8, 4) is 28.8 Å². The van der Waals surface area contributed by atoms with E-state index in [4.69, 9.17) is 10.1 Å². The van der Waals surface area contributed by atoms with Crippen molar-refractivity contribution in [2.24, 2.45) is 0 Å². The number of benzene rings is 6.